The Morgan fingerprint density at radius 3 is 2.52 bits per heavy atom. The molecule has 0 bridgehead atoms. The number of carbonyl (C=O) groups is 1. The first kappa shape index (κ1) is 13.3. The molecule has 0 atom stereocenters. The zero-order chi connectivity index (χ0) is 16.0. The van der Waals surface area contributed by atoms with E-state index in [1.807, 2.05) is 54.6 Å². The molecular weight excluding hydrogens is 292 g/mol. The first-order valence-electron chi connectivity index (χ1n) is 7.01. The lowest BCUT2D eigenvalue weighted by molar-refractivity contribution is 0.0999. The molecule has 112 valence electrons. The molecule has 0 radical (unpaired) electrons. The summed E-state index contributed by atoms with van der Waals surface area (Å²) in [5.41, 5.74) is 7.22. The summed E-state index contributed by atoms with van der Waals surface area (Å²) < 4.78 is 6.88. The van der Waals surface area contributed by atoms with Crippen molar-refractivity contribution in [2.75, 3.05) is 0 Å². The predicted octanol–water partition coefficient (Wildman–Crippen LogP) is 2.33. The average molecular weight is 304 g/mol. The maximum absolute atomic E-state index is 11.8. The molecule has 1 amide bonds. The monoisotopic (exact) mass is 304 g/mol. The first-order valence-corrected chi connectivity index (χ1v) is 7.01. The number of primary amides is 1. The average Bonchev–Trinajstić information content (AvgIpc) is 2.92. The highest BCUT2D eigenvalue weighted by Gasteiger charge is 2.20. The van der Waals surface area contributed by atoms with Crippen LogP contribution in [0, 0.1) is 5.41 Å². The molecule has 2 aromatic heterocycles. The second-order valence-corrected chi connectivity index (χ2v) is 5.12. The molecule has 2 heterocycles. The lowest BCUT2D eigenvalue weighted by Gasteiger charge is -2.07. The van der Waals surface area contributed by atoms with Gasteiger partial charge < -0.3 is 10.3 Å². The molecule has 0 saturated heterocycles. The Bertz CT molecular complexity index is 1110. The summed E-state index contributed by atoms with van der Waals surface area (Å²) in [5.74, 6) is -0.183. The third-order valence-electron chi connectivity index (χ3n) is 3.71. The minimum Gasteiger partial charge on any atom is -0.365 e. The van der Waals surface area contributed by atoms with Gasteiger partial charge in [0.2, 0.25) is 0 Å². The van der Waals surface area contributed by atoms with Crippen molar-refractivity contribution in [3.05, 3.63) is 65.7 Å². The molecule has 4 rings (SSSR count). The van der Waals surface area contributed by atoms with Crippen LogP contribution in [-0.2, 0) is 0 Å². The fourth-order valence-electron chi connectivity index (χ4n) is 2.71. The number of hydrogen-bond donors (Lipinski definition) is 2. The molecular formula is C17H12N4O2. The molecule has 0 aliphatic heterocycles. The summed E-state index contributed by atoms with van der Waals surface area (Å²) in [7, 11) is 0. The topological polar surface area (TPSA) is 97.4 Å². The normalized spacial score (nSPS) is 11.1. The van der Waals surface area contributed by atoms with Gasteiger partial charge in [-0.25, -0.2) is 4.98 Å². The molecule has 0 unspecified atom stereocenters. The number of fused-ring (bicyclic) bond motifs is 3. The quantitative estimate of drug-likeness (QED) is 0.594. The zero-order valence-electron chi connectivity index (χ0n) is 12.0. The van der Waals surface area contributed by atoms with Crippen molar-refractivity contribution in [2.45, 2.75) is 0 Å². The Labute approximate surface area is 130 Å². The number of aromatic nitrogens is 2. The Kier molecular flexibility index (Phi) is 2.77. The molecule has 23 heavy (non-hydrogen) atoms. The van der Waals surface area contributed by atoms with E-state index in [0.717, 1.165) is 5.56 Å². The zero-order valence-corrected chi connectivity index (χ0v) is 12.0. The second-order valence-electron chi connectivity index (χ2n) is 5.12. The van der Waals surface area contributed by atoms with Crippen LogP contribution in [-0.4, -0.2) is 15.5 Å². The van der Waals surface area contributed by atoms with Gasteiger partial charge in [-0.05, 0) is 6.07 Å². The summed E-state index contributed by atoms with van der Waals surface area (Å²) in [5, 5.41) is 8.66. The van der Waals surface area contributed by atoms with Crippen molar-refractivity contribution in [2.24, 2.45) is 5.73 Å². The van der Waals surface area contributed by atoms with E-state index < -0.39 is 5.91 Å². The number of benzene rings is 2. The van der Waals surface area contributed by atoms with Gasteiger partial charge in [-0.3, -0.25) is 10.2 Å². The molecule has 0 aliphatic rings. The molecule has 4 aromatic rings. The van der Waals surface area contributed by atoms with Gasteiger partial charge in [-0.15, -0.1) is 0 Å². The molecule has 6 nitrogen and oxygen atoms in total. The maximum Gasteiger partial charge on any atom is 0.256 e. The summed E-state index contributed by atoms with van der Waals surface area (Å²) in [6, 6.07) is 16.8. The van der Waals surface area contributed by atoms with E-state index in [9.17, 15) is 4.79 Å². The maximum atomic E-state index is 11.8. The Hall–Kier alpha value is -3.41. The highest BCUT2D eigenvalue weighted by Crippen LogP contribution is 2.26. The molecule has 3 N–H and O–H groups in total. The fraction of sp³-hybridized carbons (Fsp3) is 0. The highest BCUT2D eigenvalue weighted by atomic mass is 16.5. The van der Waals surface area contributed by atoms with Crippen LogP contribution >= 0.6 is 0 Å². The van der Waals surface area contributed by atoms with Gasteiger partial charge >= 0.3 is 0 Å². The van der Waals surface area contributed by atoms with E-state index in [-0.39, 0.29) is 11.1 Å². The minimum absolute atomic E-state index is 0.0563. The van der Waals surface area contributed by atoms with Crippen molar-refractivity contribution < 1.29 is 9.32 Å². The van der Waals surface area contributed by atoms with E-state index in [4.69, 9.17) is 15.7 Å². The summed E-state index contributed by atoms with van der Waals surface area (Å²) in [6.45, 7) is 0. The van der Waals surface area contributed by atoms with Crippen LogP contribution < -0.4 is 11.3 Å². The molecule has 6 heteroatoms. The third kappa shape index (κ3) is 1.92. The Morgan fingerprint density at radius 1 is 1.09 bits per heavy atom. The van der Waals surface area contributed by atoms with Crippen molar-refractivity contribution in [3.63, 3.8) is 0 Å². The Balaban J connectivity index is 2.26. The second kappa shape index (κ2) is 4.81. The standard InChI is InChI=1S/C17H12N4O2/c18-15(22)13-14-11-8-4-5-9-12(11)20-17(21(14)23-16(13)19)10-6-2-1-3-7-10/h1-9,19H,(H2,18,22). The number of hydrogen-bond acceptors (Lipinski definition) is 4. The highest BCUT2D eigenvalue weighted by molar-refractivity contribution is 6.08. The summed E-state index contributed by atoms with van der Waals surface area (Å²) in [6.07, 6.45) is 0. The first-order chi connectivity index (χ1) is 11.2. The summed E-state index contributed by atoms with van der Waals surface area (Å²) in [4.78, 5) is 16.4. The smallest absolute Gasteiger partial charge is 0.256 e. The lowest BCUT2D eigenvalue weighted by Crippen LogP contribution is -2.18. The van der Waals surface area contributed by atoms with Gasteiger partial charge in [0.15, 0.2) is 5.82 Å². The van der Waals surface area contributed by atoms with Crippen LogP contribution in [0.3, 0.4) is 0 Å². The number of carbonyl (C=O) groups excluding carboxylic acids is 1. The lowest BCUT2D eigenvalue weighted by atomic mass is 10.1. The van der Waals surface area contributed by atoms with Crippen LogP contribution in [0.25, 0.3) is 27.8 Å². The van der Waals surface area contributed by atoms with E-state index in [0.29, 0.717) is 22.2 Å². The Morgan fingerprint density at radius 2 is 1.78 bits per heavy atom. The van der Waals surface area contributed by atoms with Gasteiger partial charge in [0.05, 0.1) is 5.52 Å². The van der Waals surface area contributed by atoms with Crippen LogP contribution in [0.4, 0.5) is 0 Å². The third-order valence-corrected chi connectivity index (χ3v) is 3.71. The van der Waals surface area contributed by atoms with Crippen molar-refractivity contribution in [1.82, 2.24) is 9.56 Å². The number of para-hydroxylation sites is 1. The van der Waals surface area contributed by atoms with Crippen LogP contribution in [0.1, 0.15) is 10.4 Å². The van der Waals surface area contributed by atoms with Crippen molar-refractivity contribution >= 4 is 22.3 Å². The van der Waals surface area contributed by atoms with Gasteiger partial charge in [-0.2, -0.15) is 4.57 Å². The predicted molar refractivity (Wildman–Crippen MR) is 84.8 cm³/mol. The molecule has 0 aliphatic carbocycles. The fourth-order valence-corrected chi connectivity index (χ4v) is 2.71. The molecule has 0 saturated carbocycles. The minimum atomic E-state index is -0.698. The number of rotatable bonds is 2. The molecule has 2 aromatic carbocycles. The number of nitrogens with two attached hydrogens (primary N) is 1. The van der Waals surface area contributed by atoms with E-state index in [1.54, 1.807) is 0 Å². The van der Waals surface area contributed by atoms with Crippen molar-refractivity contribution in [3.8, 4) is 11.4 Å². The van der Waals surface area contributed by atoms with Gasteiger partial charge in [0.25, 0.3) is 11.5 Å². The molecule has 0 fully saturated rings. The van der Waals surface area contributed by atoms with E-state index >= 15 is 0 Å². The van der Waals surface area contributed by atoms with Gasteiger partial charge in [0, 0.05) is 10.9 Å². The SMILES string of the molecule is N=c1on2c(-c3ccccc3)nc3ccccc3c2c1C(N)=O. The number of nitrogens with one attached hydrogen (secondary N) is 1. The molecule has 0 spiro atoms. The van der Waals surface area contributed by atoms with Crippen LogP contribution in [0.2, 0.25) is 0 Å². The summed E-state index contributed by atoms with van der Waals surface area (Å²) >= 11 is 0. The largest absolute Gasteiger partial charge is 0.365 e. The van der Waals surface area contributed by atoms with Gasteiger partial charge in [0.1, 0.15) is 11.1 Å². The van der Waals surface area contributed by atoms with Gasteiger partial charge in [-0.1, -0.05) is 48.5 Å². The number of amides is 1. The van der Waals surface area contributed by atoms with Crippen LogP contribution in [0.5, 0.6) is 0 Å². The van der Waals surface area contributed by atoms with E-state index in [2.05, 4.69) is 4.98 Å². The van der Waals surface area contributed by atoms with E-state index in [1.165, 1.54) is 4.57 Å². The van der Waals surface area contributed by atoms with Crippen molar-refractivity contribution in [1.29, 1.82) is 5.41 Å². The number of nitrogens with zero attached hydrogens (tertiary/aromatic N) is 2. The van der Waals surface area contributed by atoms with Crippen LogP contribution in [0.15, 0.2) is 59.1 Å².